The van der Waals surface area contributed by atoms with Gasteiger partial charge in [0.15, 0.2) is 0 Å². The lowest BCUT2D eigenvalue weighted by atomic mass is 10.0. The number of hydrogen-bond donors (Lipinski definition) is 1. The first kappa shape index (κ1) is 9.93. The van der Waals surface area contributed by atoms with E-state index in [1.54, 1.807) is 13.0 Å². The largest absolute Gasteiger partial charge is 0.393 e. The molecule has 0 saturated carbocycles. The Morgan fingerprint density at radius 2 is 2.23 bits per heavy atom. The quantitative estimate of drug-likeness (QED) is 0.716. The first-order chi connectivity index (χ1) is 6.13. The number of carbonyl (C=O) groups excluding carboxylic acids is 1. The molecule has 1 atom stereocenters. The van der Waals surface area contributed by atoms with Gasteiger partial charge in [0.05, 0.1) is 6.10 Å². The molecule has 1 unspecified atom stereocenters. The van der Waals surface area contributed by atoms with Crippen molar-refractivity contribution in [1.29, 1.82) is 0 Å². The smallest absolute Gasteiger partial charge is 0.150 e. The third-order valence-electron chi connectivity index (χ3n) is 2.02. The maximum absolute atomic E-state index is 10.5. The summed E-state index contributed by atoms with van der Waals surface area (Å²) >= 11 is 0. The molecule has 0 aromatic heterocycles. The Morgan fingerprint density at radius 3 is 2.77 bits per heavy atom. The van der Waals surface area contributed by atoms with Gasteiger partial charge in [0.25, 0.3) is 0 Å². The van der Waals surface area contributed by atoms with Crippen LogP contribution in [-0.4, -0.2) is 17.5 Å². The van der Waals surface area contributed by atoms with Crippen LogP contribution in [0, 0.1) is 6.92 Å². The average Bonchev–Trinajstić information content (AvgIpc) is 2.08. The maximum atomic E-state index is 10.5. The van der Waals surface area contributed by atoms with Crippen LogP contribution in [0.2, 0.25) is 0 Å². The molecule has 0 heterocycles. The molecule has 0 amide bonds. The van der Waals surface area contributed by atoms with Crippen LogP contribution < -0.4 is 0 Å². The summed E-state index contributed by atoms with van der Waals surface area (Å²) in [5.41, 5.74) is 2.83. The molecular weight excluding hydrogens is 164 g/mol. The number of rotatable bonds is 3. The lowest BCUT2D eigenvalue weighted by Crippen LogP contribution is -2.06. The molecule has 0 aliphatic rings. The van der Waals surface area contributed by atoms with Crippen molar-refractivity contribution >= 4 is 6.29 Å². The molecule has 0 radical (unpaired) electrons. The second-order valence-corrected chi connectivity index (χ2v) is 3.36. The summed E-state index contributed by atoms with van der Waals surface area (Å²) < 4.78 is 0. The van der Waals surface area contributed by atoms with E-state index in [9.17, 15) is 9.90 Å². The lowest BCUT2D eigenvalue weighted by Gasteiger charge is -2.08. The van der Waals surface area contributed by atoms with Crippen molar-refractivity contribution in [1.82, 2.24) is 0 Å². The molecule has 13 heavy (non-hydrogen) atoms. The van der Waals surface area contributed by atoms with Crippen molar-refractivity contribution in [3.63, 3.8) is 0 Å². The van der Waals surface area contributed by atoms with Gasteiger partial charge in [-0.1, -0.05) is 12.1 Å². The molecule has 2 nitrogen and oxygen atoms in total. The Kier molecular flexibility index (Phi) is 3.20. The lowest BCUT2D eigenvalue weighted by molar-refractivity contribution is 0.112. The van der Waals surface area contributed by atoms with Gasteiger partial charge in [0.1, 0.15) is 6.29 Å². The minimum Gasteiger partial charge on any atom is -0.393 e. The fourth-order valence-corrected chi connectivity index (χ4v) is 1.30. The first-order valence-corrected chi connectivity index (χ1v) is 4.36. The van der Waals surface area contributed by atoms with Gasteiger partial charge < -0.3 is 5.11 Å². The molecule has 0 spiro atoms. The fraction of sp³-hybridized carbons (Fsp3) is 0.364. The summed E-state index contributed by atoms with van der Waals surface area (Å²) in [7, 11) is 0. The third-order valence-corrected chi connectivity index (χ3v) is 2.02. The van der Waals surface area contributed by atoms with E-state index in [-0.39, 0.29) is 6.10 Å². The van der Waals surface area contributed by atoms with Gasteiger partial charge in [-0.05, 0) is 37.5 Å². The van der Waals surface area contributed by atoms with Crippen molar-refractivity contribution < 1.29 is 9.90 Å². The molecule has 0 bridgehead atoms. The van der Waals surface area contributed by atoms with E-state index in [0.29, 0.717) is 12.0 Å². The topological polar surface area (TPSA) is 37.3 Å². The molecule has 1 aromatic carbocycles. The van der Waals surface area contributed by atoms with Crippen LogP contribution in [0.3, 0.4) is 0 Å². The Balaban J connectivity index is 2.96. The van der Waals surface area contributed by atoms with E-state index in [1.165, 1.54) is 0 Å². The van der Waals surface area contributed by atoms with Crippen molar-refractivity contribution in [3.8, 4) is 0 Å². The number of carbonyl (C=O) groups is 1. The Bertz CT molecular complexity index is 303. The van der Waals surface area contributed by atoms with Gasteiger partial charge in [-0.25, -0.2) is 0 Å². The van der Waals surface area contributed by atoms with Crippen LogP contribution in [0.5, 0.6) is 0 Å². The predicted molar refractivity (Wildman–Crippen MR) is 52.0 cm³/mol. The van der Waals surface area contributed by atoms with E-state index in [2.05, 4.69) is 0 Å². The van der Waals surface area contributed by atoms with E-state index < -0.39 is 0 Å². The van der Waals surface area contributed by atoms with Crippen LogP contribution in [0.4, 0.5) is 0 Å². The van der Waals surface area contributed by atoms with Gasteiger partial charge in [-0.2, -0.15) is 0 Å². The van der Waals surface area contributed by atoms with E-state index in [0.717, 1.165) is 17.4 Å². The predicted octanol–water partition coefficient (Wildman–Crippen LogP) is 1.73. The van der Waals surface area contributed by atoms with Crippen LogP contribution in [0.1, 0.15) is 28.4 Å². The van der Waals surface area contributed by atoms with Crippen LogP contribution >= 0.6 is 0 Å². The molecular formula is C11H14O2. The summed E-state index contributed by atoms with van der Waals surface area (Å²) in [6.07, 6.45) is 1.07. The van der Waals surface area contributed by atoms with Gasteiger partial charge in [-0.3, -0.25) is 4.79 Å². The molecule has 1 rings (SSSR count). The number of aryl methyl sites for hydroxylation is 1. The summed E-state index contributed by atoms with van der Waals surface area (Å²) in [6.45, 7) is 3.72. The van der Waals surface area contributed by atoms with Crippen molar-refractivity contribution in [2.24, 2.45) is 0 Å². The molecule has 0 saturated heterocycles. The normalized spacial score (nSPS) is 12.5. The van der Waals surface area contributed by atoms with E-state index >= 15 is 0 Å². The van der Waals surface area contributed by atoms with Crippen LogP contribution in [0.25, 0.3) is 0 Å². The maximum Gasteiger partial charge on any atom is 0.150 e. The molecule has 2 heteroatoms. The minimum absolute atomic E-state index is 0.361. The Labute approximate surface area is 78.2 Å². The second kappa shape index (κ2) is 4.19. The summed E-state index contributed by atoms with van der Waals surface area (Å²) in [5, 5.41) is 9.21. The fourth-order valence-electron chi connectivity index (χ4n) is 1.30. The highest BCUT2D eigenvalue weighted by Gasteiger charge is 2.03. The molecule has 0 aliphatic carbocycles. The first-order valence-electron chi connectivity index (χ1n) is 4.36. The van der Waals surface area contributed by atoms with Crippen molar-refractivity contribution in [2.75, 3.05) is 0 Å². The Morgan fingerprint density at radius 1 is 1.54 bits per heavy atom. The highest BCUT2D eigenvalue weighted by atomic mass is 16.3. The van der Waals surface area contributed by atoms with E-state index in [4.69, 9.17) is 0 Å². The summed E-state index contributed by atoms with van der Waals surface area (Å²) in [4.78, 5) is 10.5. The van der Waals surface area contributed by atoms with Crippen molar-refractivity contribution in [3.05, 3.63) is 34.9 Å². The summed E-state index contributed by atoms with van der Waals surface area (Å²) in [6, 6.07) is 5.52. The van der Waals surface area contributed by atoms with Gasteiger partial charge in [0, 0.05) is 5.56 Å². The third kappa shape index (κ3) is 2.67. The number of benzene rings is 1. The highest BCUT2D eigenvalue weighted by molar-refractivity contribution is 5.75. The number of aliphatic hydroxyl groups is 1. The van der Waals surface area contributed by atoms with Crippen LogP contribution in [-0.2, 0) is 6.42 Å². The zero-order valence-electron chi connectivity index (χ0n) is 7.95. The molecule has 0 aliphatic heterocycles. The van der Waals surface area contributed by atoms with Gasteiger partial charge in [-0.15, -0.1) is 0 Å². The zero-order valence-corrected chi connectivity index (χ0v) is 7.95. The second-order valence-electron chi connectivity index (χ2n) is 3.36. The number of aliphatic hydroxyl groups excluding tert-OH is 1. The van der Waals surface area contributed by atoms with Gasteiger partial charge >= 0.3 is 0 Å². The monoisotopic (exact) mass is 178 g/mol. The van der Waals surface area contributed by atoms with Gasteiger partial charge in [0.2, 0.25) is 0 Å². The number of hydrogen-bond acceptors (Lipinski definition) is 2. The molecule has 1 aromatic rings. The zero-order chi connectivity index (χ0) is 9.84. The SMILES string of the molecule is Cc1ccc(C=O)cc1CC(C)O. The average molecular weight is 178 g/mol. The number of aldehydes is 1. The minimum atomic E-state index is -0.361. The van der Waals surface area contributed by atoms with E-state index in [1.807, 2.05) is 19.1 Å². The molecule has 1 N–H and O–H groups in total. The molecule has 70 valence electrons. The summed E-state index contributed by atoms with van der Waals surface area (Å²) in [5.74, 6) is 0. The van der Waals surface area contributed by atoms with Crippen molar-refractivity contribution in [2.45, 2.75) is 26.4 Å². The Hall–Kier alpha value is -1.15. The highest BCUT2D eigenvalue weighted by Crippen LogP contribution is 2.12. The molecule has 0 fully saturated rings. The van der Waals surface area contributed by atoms with Crippen LogP contribution in [0.15, 0.2) is 18.2 Å². The standard InChI is InChI=1S/C11H14O2/c1-8-3-4-10(7-12)6-11(8)5-9(2)13/h3-4,6-7,9,13H,5H2,1-2H3.